The molecule has 148 valence electrons. The Kier molecular flexibility index (Phi) is 5.26. The summed E-state index contributed by atoms with van der Waals surface area (Å²) in [6.45, 7) is 0. The van der Waals surface area contributed by atoms with Crippen LogP contribution in [0.15, 0.2) is 60.7 Å². The van der Waals surface area contributed by atoms with Crippen molar-refractivity contribution in [3.05, 3.63) is 71.8 Å². The maximum atomic E-state index is 15.1. The number of carbonyl (C=O) groups is 2. The van der Waals surface area contributed by atoms with Gasteiger partial charge in [-0.2, -0.15) is 0 Å². The third kappa shape index (κ3) is 3.00. The summed E-state index contributed by atoms with van der Waals surface area (Å²) in [5.74, 6) is -6.86. The van der Waals surface area contributed by atoms with Crippen molar-refractivity contribution in [2.24, 2.45) is 0 Å². The molecule has 0 spiro atoms. The Morgan fingerprint density at radius 2 is 1.50 bits per heavy atom. The SMILES string of the molecule is O=C(C(O)c1ccccc1)[C@H]1O[C@@](O)(Br)[C@](O)(F)[C@@]1(O)C(=O)c1ccccc1. The minimum atomic E-state index is -4.12. The van der Waals surface area contributed by atoms with Gasteiger partial charge in [-0.05, 0) is 21.5 Å². The van der Waals surface area contributed by atoms with Gasteiger partial charge in [-0.3, -0.25) is 9.59 Å². The highest BCUT2D eigenvalue weighted by Crippen LogP contribution is 2.52. The van der Waals surface area contributed by atoms with Crippen molar-refractivity contribution >= 4 is 27.5 Å². The molecule has 0 bridgehead atoms. The molecule has 1 aliphatic heterocycles. The molecule has 1 heterocycles. The molecule has 9 heteroatoms. The van der Waals surface area contributed by atoms with Crippen LogP contribution in [0.5, 0.6) is 0 Å². The fraction of sp³-hybridized carbons (Fsp3) is 0.263. The molecule has 2 aromatic rings. The van der Waals surface area contributed by atoms with E-state index in [2.05, 4.69) is 15.9 Å². The molecular weight excluding hydrogens is 439 g/mol. The average molecular weight is 455 g/mol. The molecule has 1 fully saturated rings. The van der Waals surface area contributed by atoms with Crippen molar-refractivity contribution in [2.45, 2.75) is 28.4 Å². The number of ketones is 2. The van der Waals surface area contributed by atoms with Gasteiger partial charge in [0.1, 0.15) is 6.10 Å². The van der Waals surface area contributed by atoms with Crippen LogP contribution < -0.4 is 0 Å². The number of hydrogen-bond acceptors (Lipinski definition) is 7. The number of alkyl halides is 2. The highest BCUT2D eigenvalue weighted by molar-refractivity contribution is 9.10. The lowest BCUT2D eigenvalue weighted by atomic mass is 9.80. The first-order valence-corrected chi connectivity index (χ1v) is 8.92. The lowest BCUT2D eigenvalue weighted by Crippen LogP contribution is -2.65. The summed E-state index contributed by atoms with van der Waals surface area (Å²) in [5, 5.41) is 41.4. The third-order valence-electron chi connectivity index (χ3n) is 4.59. The number of rotatable bonds is 5. The molecule has 28 heavy (non-hydrogen) atoms. The molecule has 0 amide bonds. The van der Waals surface area contributed by atoms with Gasteiger partial charge in [0.15, 0.2) is 11.9 Å². The summed E-state index contributed by atoms with van der Waals surface area (Å²) in [6.07, 6.45) is -4.34. The molecule has 4 N–H and O–H groups in total. The van der Waals surface area contributed by atoms with E-state index in [1.165, 1.54) is 48.5 Å². The quantitative estimate of drug-likeness (QED) is 0.392. The zero-order valence-electron chi connectivity index (χ0n) is 14.2. The van der Waals surface area contributed by atoms with Crippen LogP contribution in [-0.4, -0.2) is 54.2 Å². The predicted octanol–water partition coefficient (Wildman–Crippen LogP) is 1.00. The molecule has 2 aromatic carbocycles. The zero-order valence-corrected chi connectivity index (χ0v) is 15.8. The summed E-state index contributed by atoms with van der Waals surface area (Å²) in [5.41, 5.74) is -3.71. The standard InChI is InChI=1S/C19H16BrFO7/c20-19(27)18(21,26)17(25,15(24)12-9-5-2-6-10-12)16(28-19)14(23)13(22)11-7-3-1-4-8-11/h1-10,13,16,22,25-27H/t13?,16-,17-,18+,19-/m1/s1. The molecule has 1 saturated heterocycles. The molecule has 0 aromatic heterocycles. The van der Waals surface area contributed by atoms with Gasteiger partial charge >= 0.3 is 5.85 Å². The van der Waals surface area contributed by atoms with Gasteiger partial charge in [-0.1, -0.05) is 60.7 Å². The molecular formula is C19H16BrFO7. The van der Waals surface area contributed by atoms with Gasteiger partial charge in [0, 0.05) is 5.56 Å². The van der Waals surface area contributed by atoms with Crippen molar-refractivity contribution < 1.29 is 39.1 Å². The molecule has 0 saturated carbocycles. The largest absolute Gasteiger partial charge is 0.380 e. The van der Waals surface area contributed by atoms with Gasteiger partial charge in [-0.25, -0.2) is 4.39 Å². The highest BCUT2D eigenvalue weighted by Gasteiger charge is 2.79. The Morgan fingerprint density at radius 1 is 1.00 bits per heavy atom. The smallest absolute Gasteiger partial charge is 0.311 e. The van der Waals surface area contributed by atoms with Gasteiger partial charge in [0.25, 0.3) is 4.70 Å². The number of carbonyl (C=O) groups excluding carboxylic acids is 2. The van der Waals surface area contributed by atoms with Crippen molar-refractivity contribution in [3.63, 3.8) is 0 Å². The molecule has 1 unspecified atom stereocenters. The van der Waals surface area contributed by atoms with Gasteiger partial charge in [-0.15, -0.1) is 0 Å². The van der Waals surface area contributed by atoms with E-state index in [0.717, 1.165) is 0 Å². The number of ether oxygens (including phenoxy) is 1. The van der Waals surface area contributed by atoms with E-state index < -0.39 is 39.9 Å². The van der Waals surface area contributed by atoms with E-state index in [9.17, 15) is 30.0 Å². The van der Waals surface area contributed by atoms with Gasteiger partial charge < -0.3 is 25.2 Å². The van der Waals surface area contributed by atoms with Crippen LogP contribution >= 0.6 is 15.9 Å². The Labute approximate surface area is 167 Å². The summed E-state index contributed by atoms with van der Waals surface area (Å²) in [4.78, 5) is 25.6. The minimum absolute atomic E-state index is 0.0815. The van der Waals surface area contributed by atoms with E-state index in [-0.39, 0.29) is 11.1 Å². The topological polar surface area (TPSA) is 124 Å². The van der Waals surface area contributed by atoms with E-state index in [0.29, 0.717) is 0 Å². The van der Waals surface area contributed by atoms with E-state index in [1.807, 2.05) is 0 Å². The number of aliphatic hydroxyl groups is 4. The first-order chi connectivity index (χ1) is 13.0. The lowest BCUT2D eigenvalue weighted by molar-refractivity contribution is -0.268. The zero-order chi connectivity index (χ0) is 20.7. The molecule has 0 radical (unpaired) electrons. The lowest BCUT2D eigenvalue weighted by Gasteiger charge is -2.33. The van der Waals surface area contributed by atoms with Crippen LogP contribution in [0.4, 0.5) is 4.39 Å². The monoisotopic (exact) mass is 454 g/mol. The van der Waals surface area contributed by atoms with Crippen LogP contribution in [0.1, 0.15) is 22.0 Å². The second kappa shape index (κ2) is 7.11. The Morgan fingerprint density at radius 3 is 2.04 bits per heavy atom. The Balaban J connectivity index is 2.08. The van der Waals surface area contributed by atoms with E-state index >= 15 is 4.39 Å². The minimum Gasteiger partial charge on any atom is -0.380 e. The normalized spacial score (nSPS) is 33.4. The Hall–Kier alpha value is -2.01. The number of hydrogen-bond donors (Lipinski definition) is 4. The van der Waals surface area contributed by atoms with Crippen LogP contribution in [0.2, 0.25) is 0 Å². The highest BCUT2D eigenvalue weighted by atomic mass is 79.9. The van der Waals surface area contributed by atoms with Gasteiger partial charge in [0.2, 0.25) is 11.4 Å². The molecule has 3 rings (SSSR count). The van der Waals surface area contributed by atoms with Crippen LogP contribution in [0.25, 0.3) is 0 Å². The van der Waals surface area contributed by atoms with Crippen molar-refractivity contribution in [3.8, 4) is 0 Å². The summed E-state index contributed by atoms with van der Waals surface area (Å²) in [6, 6.07) is 14.3. The predicted molar refractivity (Wildman–Crippen MR) is 96.9 cm³/mol. The van der Waals surface area contributed by atoms with Crippen molar-refractivity contribution in [1.82, 2.24) is 0 Å². The van der Waals surface area contributed by atoms with Crippen LogP contribution in [0, 0.1) is 0 Å². The van der Waals surface area contributed by atoms with E-state index in [1.54, 1.807) is 12.1 Å². The maximum Gasteiger partial charge on any atom is 0.311 e. The second-order valence-electron chi connectivity index (χ2n) is 6.36. The molecule has 0 aliphatic carbocycles. The van der Waals surface area contributed by atoms with Crippen molar-refractivity contribution in [1.29, 1.82) is 0 Å². The maximum absolute atomic E-state index is 15.1. The van der Waals surface area contributed by atoms with Gasteiger partial charge in [0.05, 0.1) is 0 Å². The number of aliphatic hydroxyl groups excluding tert-OH is 1. The average Bonchev–Trinajstić information content (AvgIpc) is 2.84. The van der Waals surface area contributed by atoms with E-state index in [4.69, 9.17) is 4.74 Å². The fourth-order valence-corrected chi connectivity index (χ4v) is 3.50. The fourth-order valence-electron chi connectivity index (χ4n) is 3.01. The number of Topliss-reactive ketones (excluding diaryl/α,β-unsaturated/α-hetero) is 2. The molecule has 5 atom stereocenters. The summed E-state index contributed by atoms with van der Waals surface area (Å²) < 4.78 is 16.6. The van der Waals surface area contributed by atoms with Crippen molar-refractivity contribution in [2.75, 3.05) is 0 Å². The Bertz CT molecular complexity index is 888. The third-order valence-corrected chi connectivity index (χ3v) is 5.30. The number of halogens is 2. The molecule has 7 nitrogen and oxygen atoms in total. The van der Waals surface area contributed by atoms with Crippen LogP contribution in [-0.2, 0) is 9.53 Å². The molecule has 1 aliphatic rings. The summed E-state index contributed by atoms with van der Waals surface area (Å²) in [7, 11) is 0. The summed E-state index contributed by atoms with van der Waals surface area (Å²) >= 11 is 2.36. The first kappa shape index (κ1) is 20.7. The number of benzene rings is 2. The first-order valence-electron chi connectivity index (χ1n) is 8.13. The van der Waals surface area contributed by atoms with Crippen LogP contribution in [0.3, 0.4) is 0 Å². The second-order valence-corrected chi connectivity index (χ2v) is 7.43.